The highest BCUT2D eigenvalue weighted by Gasteiger charge is 2.51. The largest absolute Gasteiger partial charge is 0.494 e. The summed E-state index contributed by atoms with van der Waals surface area (Å²) >= 11 is 3.43. The number of pyridine rings is 4. The quantitative estimate of drug-likeness (QED) is 0.122. The van der Waals surface area contributed by atoms with Crippen molar-refractivity contribution in [3.8, 4) is 56.2 Å². The number of fused-ring (bicyclic) bond motifs is 18. The molecule has 0 bridgehead atoms. The molecule has 0 saturated carbocycles. The maximum absolute atomic E-state index is 6.27. The number of halogens is 1. The molecule has 6 aromatic heterocycles. The molecule has 18 aromatic rings. The first-order valence-corrected chi connectivity index (χ1v) is 33.3. The number of rotatable bonds is 6. The van der Waals surface area contributed by atoms with Crippen molar-refractivity contribution in [1.29, 1.82) is 0 Å². The van der Waals surface area contributed by atoms with Crippen LogP contribution in [-0.2, 0) is 9.31 Å². The summed E-state index contributed by atoms with van der Waals surface area (Å²) in [4.78, 5) is 20.1. The van der Waals surface area contributed by atoms with Crippen molar-refractivity contribution >= 4 is 126 Å². The van der Waals surface area contributed by atoms with Crippen LogP contribution in [0, 0.1) is 0 Å². The average Bonchev–Trinajstić information content (AvgIpc) is 0.949. The van der Waals surface area contributed by atoms with Gasteiger partial charge in [0.2, 0.25) is 0 Å². The van der Waals surface area contributed by atoms with Gasteiger partial charge in [0.05, 0.1) is 45.0 Å². The number of hydrogen-bond acceptors (Lipinski definition) is 6. The molecule has 1 saturated heterocycles. The van der Waals surface area contributed by atoms with Gasteiger partial charge in [-0.3, -0.25) is 0 Å². The molecule has 1 fully saturated rings. The van der Waals surface area contributed by atoms with Crippen LogP contribution in [0.25, 0.3) is 154 Å². The molecule has 0 atom stereocenters. The van der Waals surface area contributed by atoms with Gasteiger partial charge in [-0.1, -0.05) is 259 Å². The van der Waals surface area contributed by atoms with Crippen LogP contribution in [0.5, 0.6) is 0 Å². The van der Waals surface area contributed by atoms with E-state index in [1.165, 1.54) is 81.1 Å². The molecule has 1 aliphatic rings. The van der Waals surface area contributed by atoms with Crippen molar-refractivity contribution in [3.63, 3.8) is 0 Å². The molecule has 1 aliphatic heterocycles. The van der Waals surface area contributed by atoms with Crippen LogP contribution >= 0.6 is 15.9 Å². The predicted molar refractivity (Wildman–Crippen MR) is 403 cm³/mol. The lowest BCUT2D eigenvalue weighted by Crippen LogP contribution is -2.41. The Morgan fingerprint density at radius 3 is 1.00 bits per heavy atom. The fourth-order valence-electron chi connectivity index (χ4n) is 13.8. The van der Waals surface area contributed by atoms with Crippen LogP contribution in [0.4, 0.5) is 0 Å². The summed E-state index contributed by atoms with van der Waals surface area (Å²) in [5, 5.41) is 17.0. The number of nitrogens with zero attached hydrogens (tertiary/aromatic N) is 6. The van der Waals surface area contributed by atoms with Gasteiger partial charge < -0.3 is 18.1 Å². The maximum Gasteiger partial charge on any atom is 0.494 e. The van der Waals surface area contributed by atoms with E-state index in [2.05, 4.69) is 290 Å². The molecular formula is C86H62BBrN6O2. The van der Waals surface area contributed by atoms with Crippen LogP contribution in [0.15, 0.2) is 308 Å². The minimum atomic E-state index is -0.379. The van der Waals surface area contributed by atoms with E-state index < -0.39 is 0 Å². The molecular weight excluding hydrogens is 1240 g/mol. The van der Waals surface area contributed by atoms with Crippen LogP contribution < -0.4 is 5.46 Å². The van der Waals surface area contributed by atoms with E-state index >= 15 is 0 Å². The van der Waals surface area contributed by atoms with Crippen molar-refractivity contribution < 1.29 is 9.31 Å². The van der Waals surface area contributed by atoms with E-state index in [9.17, 15) is 0 Å². The van der Waals surface area contributed by atoms with E-state index in [1.54, 1.807) is 0 Å². The Bertz CT molecular complexity index is 5960. The van der Waals surface area contributed by atoms with Gasteiger partial charge in [0.25, 0.3) is 0 Å². The molecule has 12 aromatic carbocycles. The van der Waals surface area contributed by atoms with E-state index in [-0.39, 0.29) is 18.3 Å². The molecule has 0 aliphatic carbocycles. The molecule has 0 radical (unpaired) electrons. The molecule has 0 N–H and O–H groups in total. The third kappa shape index (κ3) is 10.3. The molecule has 0 unspecified atom stereocenters. The highest BCUT2D eigenvalue weighted by Crippen LogP contribution is 2.44. The minimum Gasteiger partial charge on any atom is -0.399 e. The lowest BCUT2D eigenvalue weighted by molar-refractivity contribution is 0.00578. The summed E-state index contributed by atoms with van der Waals surface area (Å²) in [6.45, 7) is 8.34. The van der Waals surface area contributed by atoms with Gasteiger partial charge in [-0.25, -0.2) is 19.9 Å². The highest BCUT2D eigenvalue weighted by atomic mass is 79.9. The maximum atomic E-state index is 6.27. The van der Waals surface area contributed by atoms with E-state index in [4.69, 9.17) is 24.3 Å². The van der Waals surface area contributed by atoms with Gasteiger partial charge in [-0.05, 0) is 124 Å². The number of benzene rings is 12. The zero-order valence-electron chi connectivity index (χ0n) is 53.3. The van der Waals surface area contributed by atoms with Gasteiger partial charge in [0.15, 0.2) is 0 Å². The van der Waals surface area contributed by atoms with Gasteiger partial charge in [0, 0.05) is 83.8 Å². The molecule has 7 heterocycles. The van der Waals surface area contributed by atoms with Gasteiger partial charge in [-0.15, -0.1) is 0 Å². The third-order valence-electron chi connectivity index (χ3n) is 19.4. The highest BCUT2D eigenvalue weighted by molar-refractivity contribution is 9.10. The first-order chi connectivity index (χ1) is 47.0. The molecule has 96 heavy (non-hydrogen) atoms. The van der Waals surface area contributed by atoms with Crippen LogP contribution in [-0.4, -0.2) is 47.1 Å². The lowest BCUT2D eigenvalue weighted by atomic mass is 9.78. The summed E-state index contributed by atoms with van der Waals surface area (Å²) < 4.78 is 17.7. The van der Waals surface area contributed by atoms with Gasteiger partial charge >= 0.3 is 7.12 Å². The smallest absolute Gasteiger partial charge is 0.399 e. The molecule has 19 rings (SSSR count). The van der Waals surface area contributed by atoms with Crippen molar-refractivity contribution in [3.05, 3.63) is 308 Å². The first kappa shape index (κ1) is 58.7. The number of hydrogen-bond donors (Lipinski definition) is 0. The molecule has 10 heteroatoms. The van der Waals surface area contributed by atoms with Crippen LogP contribution in [0.1, 0.15) is 27.7 Å². The van der Waals surface area contributed by atoms with E-state index in [0.717, 1.165) is 82.7 Å². The lowest BCUT2D eigenvalue weighted by Gasteiger charge is -2.32. The Morgan fingerprint density at radius 2 is 0.604 bits per heavy atom. The predicted octanol–water partition coefficient (Wildman–Crippen LogP) is 21.8. The van der Waals surface area contributed by atoms with Crippen molar-refractivity contribution in [1.82, 2.24) is 28.7 Å². The van der Waals surface area contributed by atoms with Crippen molar-refractivity contribution in [2.24, 2.45) is 0 Å². The van der Waals surface area contributed by atoms with Crippen molar-refractivity contribution in [2.45, 2.75) is 38.9 Å². The Kier molecular flexibility index (Phi) is 14.5. The zero-order valence-corrected chi connectivity index (χ0v) is 54.9. The second-order valence-corrected chi connectivity index (χ2v) is 26.6. The summed E-state index contributed by atoms with van der Waals surface area (Å²) in [6, 6.07) is 98.1. The summed E-state index contributed by atoms with van der Waals surface area (Å²) in [7, 11) is -0.379. The molecule has 8 nitrogen and oxygen atoms in total. The second-order valence-electron chi connectivity index (χ2n) is 25.7. The Hall–Kier alpha value is -11.1. The second kappa shape index (κ2) is 23.7. The SMILES string of the molecule is Brc1ccc(-c2cn3ccccc3n2)cc1.CC1(C)OB(c2ccc(-c3nc4c5ccccc5c5ccccc5c4c4ccccc34)cc2)OC1(C)C.c1ccc2c(c1)c(-c1ccc(-c3ccc(-c4cn5ccccc5n4)cc3)cc1)nc1c3ccccc3c3ccccc3c21. The van der Waals surface area contributed by atoms with Crippen LogP contribution in [0.2, 0.25) is 0 Å². The summed E-state index contributed by atoms with van der Waals surface area (Å²) in [6.07, 6.45) is 8.15. The summed E-state index contributed by atoms with van der Waals surface area (Å²) in [5.41, 5.74) is 15.1. The minimum absolute atomic E-state index is 0.365. The third-order valence-corrected chi connectivity index (χ3v) is 19.9. The fourth-order valence-corrected chi connectivity index (χ4v) is 14.1. The van der Waals surface area contributed by atoms with E-state index in [1.807, 2.05) is 71.5 Å². The average molecular weight is 1300 g/mol. The summed E-state index contributed by atoms with van der Waals surface area (Å²) in [5.74, 6) is 0. The standard InChI is InChI=1S/C40H25N3.C33H28BNO2.C13H9BrN2/c1-3-11-32-30(9-1)31-10-2-5-13-34(31)40-38(32)33-12-4-6-14-35(33)39(42-40)29-22-18-27(19-23-29)26-16-20-28(21-17-26)36-25-43-24-8-7-15-37(43)41-36;1-32(2)33(3,4)37-34(36-32)22-19-17-21(18-20-22)30-28-16-10-8-14-26(28)29-25-13-7-5-11-23(25)24-12-6-9-15-27(24)31(29)35-30;14-11-6-4-10(5-7-11)12-9-16-8-2-1-3-13(16)15-12/h1-25H;5-20H,1-4H3;1-9H. The van der Waals surface area contributed by atoms with Crippen molar-refractivity contribution in [2.75, 3.05) is 0 Å². The molecule has 0 amide bonds. The molecule has 458 valence electrons. The normalized spacial score (nSPS) is 13.5. The number of imidazole rings is 2. The topological polar surface area (TPSA) is 78.8 Å². The first-order valence-electron chi connectivity index (χ1n) is 32.5. The molecule has 0 spiro atoms. The number of aromatic nitrogens is 6. The monoisotopic (exact) mass is 1300 g/mol. The van der Waals surface area contributed by atoms with Crippen LogP contribution in [0.3, 0.4) is 0 Å². The Labute approximate surface area is 564 Å². The Balaban J connectivity index is 0.000000119. The van der Waals surface area contributed by atoms with E-state index in [0.29, 0.717) is 0 Å². The fraction of sp³-hybridized carbons (Fsp3) is 0.0698. The van der Waals surface area contributed by atoms with Gasteiger partial charge in [0.1, 0.15) is 11.3 Å². The zero-order chi connectivity index (χ0) is 64.7. The van der Waals surface area contributed by atoms with Gasteiger partial charge in [-0.2, -0.15) is 0 Å². The Morgan fingerprint density at radius 1 is 0.302 bits per heavy atom.